The van der Waals surface area contributed by atoms with Crippen LogP contribution in [0.1, 0.15) is 13.8 Å². The minimum atomic E-state index is -1.20. The number of hydrogen-bond acceptors (Lipinski definition) is 3. The molecule has 0 saturated carbocycles. The summed E-state index contributed by atoms with van der Waals surface area (Å²) < 4.78 is 0. The van der Waals surface area contributed by atoms with Crippen LogP contribution in [-0.4, -0.2) is 16.2 Å². The first-order chi connectivity index (χ1) is 5.47. The van der Waals surface area contributed by atoms with Gasteiger partial charge < -0.3 is 0 Å². The first-order valence-electron chi connectivity index (χ1n) is 3.53. The van der Waals surface area contributed by atoms with Crippen LogP contribution in [0.25, 0.3) is 0 Å². The topological polar surface area (TPSA) is 60.2 Å². The van der Waals surface area contributed by atoms with Crippen LogP contribution in [0.4, 0.5) is 0 Å². The minimum absolute atomic E-state index is 0.188. The van der Waals surface area contributed by atoms with Crippen molar-refractivity contribution in [1.29, 1.82) is 0 Å². The van der Waals surface area contributed by atoms with Crippen LogP contribution < -0.4 is 0 Å². The van der Waals surface area contributed by atoms with Crippen LogP contribution in [0.3, 0.4) is 0 Å². The predicted octanol–water partition coefficient (Wildman–Crippen LogP) is 1.11. The summed E-state index contributed by atoms with van der Waals surface area (Å²) in [6.07, 6.45) is 3.85. The zero-order chi connectivity index (χ0) is 9.35. The molecule has 0 spiro atoms. The number of carbonyl (C=O) groups excluding carboxylic acids is 1. The van der Waals surface area contributed by atoms with Gasteiger partial charge in [-0.2, -0.15) is 0 Å². The average Bonchev–Trinajstić information content (AvgIpc) is 1.97. The van der Waals surface area contributed by atoms with E-state index in [9.17, 15) is 14.9 Å². The lowest BCUT2D eigenvalue weighted by Gasteiger charge is -2.19. The zero-order valence-corrected chi connectivity index (χ0v) is 6.90. The summed E-state index contributed by atoms with van der Waals surface area (Å²) in [4.78, 5) is 21.0. The van der Waals surface area contributed by atoms with Crippen LogP contribution in [-0.2, 0) is 4.79 Å². The van der Waals surface area contributed by atoms with Gasteiger partial charge in [-0.1, -0.05) is 0 Å². The van der Waals surface area contributed by atoms with Gasteiger partial charge in [0.15, 0.2) is 5.78 Å². The zero-order valence-electron chi connectivity index (χ0n) is 6.90. The van der Waals surface area contributed by atoms with E-state index in [4.69, 9.17) is 0 Å². The first-order valence-corrected chi connectivity index (χ1v) is 3.53. The number of hydrogen-bond donors (Lipinski definition) is 0. The Kier molecular flexibility index (Phi) is 1.84. The van der Waals surface area contributed by atoms with E-state index in [0.717, 1.165) is 0 Å². The van der Waals surface area contributed by atoms with Crippen molar-refractivity contribution < 1.29 is 9.72 Å². The maximum atomic E-state index is 10.8. The van der Waals surface area contributed by atoms with E-state index in [1.165, 1.54) is 25.2 Å². The van der Waals surface area contributed by atoms with Gasteiger partial charge in [0.1, 0.15) is 0 Å². The van der Waals surface area contributed by atoms with Gasteiger partial charge in [0.05, 0.1) is 0 Å². The SMILES string of the molecule is CC1=CC(=O)C=CC1(C)[N+](=O)[O-]. The van der Waals surface area contributed by atoms with E-state index in [1.807, 2.05) is 0 Å². The summed E-state index contributed by atoms with van der Waals surface area (Å²) in [5.41, 5.74) is -0.728. The number of nitrogens with zero attached hydrogens (tertiary/aromatic N) is 1. The molecule has 0 amide bonds. The van der Waals surface area contributed by atoms with Crippen LogP contribution >= 0.6 is 0 Å². The monoisotopic (exact) mass is 167 g/mol. The highest BCUT2D eigenvalue weighted by atomic mass is 16.6. The average molecular weight is 167 g/mol. The fraction of sp³-hybridized carbons (Fsp3) is 0.375. The second-order valence-corrected chi connectivity index (χ2v) is 2.97. The molecule has 0 aromatic rings. The van der Waals surface area contributed by atoms with E-state index in [1.54, 1.807) is 6.92 Å². The van der Waals surface area contributed by atoms with Gasteiger partial charge in [0, 0.05) is 17.4 Å². The lowest BCUT2D eigenvalue weighted by Crippen LogP contribution is -2.35. The van der Waals surface area contributed by atoms with Gasteiger partial charge in [-0.25, -0.2) is 0 Å². The molecule has 1 unspecified atom stereocenters. The van der Waals surface area contributed by atoms with Crippen molar-refractivity contribution >= 4 is 5.78 Å². The third-order valence-electron chi connectivity index (χ3n) is 2.11. The maximum absolute atomic E-state index is 10.8. The summed E-state index contributed by atoms with van der Waals surface area (Å²) in [6.45, 7) is 3.06. The molecule has 0 bridgehead atoms. The van der Waals surface area contributed by atoms with Crippen molar-refractivity contribution in [2.24, 2.45) is 0 Å². The highest BCUT2D eigenvalue weighted by Crippen LogP contribution is 2.24. The standard InChI is InChI=1S/C8H9NO3/c1-6-5-7(10)3-4-8(6,2)9(11)12/h3-5H,1-2H3. The maximum Gasteiger partial charge on any atom is 0.259 e. The molecule has 0 N–H and O–H groups in total. The van der Waals surface area contributed by atoms with Crippen LogP contribution in [0.2, 0.25) is 0 Å². The Labute approximate surface area is 69.7 Å². The molecular formula is C8H9NO3. The van der Waals surface area contributed by atoms with E-state index in [2.05, 4.69) is 0 Å². The summed E-state index contributed by atoms with van der Waals surface area (Å²) in [7, 11) is 0. The summed E-state index contributed by atoms with van der Waals surface area (Å²) in [5, 5.41) is 10.6. The van der Waals surface area contributed by atoms with Crippen molar-refractivity contribution in [1.82, 2.24) is 0 Å². The van der Waals surface area contributed by atoms with Crippen molar-refractivity contribution in [3.63, 3.8) is 0 Å². The molecule has 0 radical (unpaired) electrons. The molecule has 1 atom stereocenters. The van der Waals surface area contributed by atoms with Gasteiger partial charge >= 0.3 is 0 Å². The van der Waals surface area contributed by atoms with Gasteiger partial charge in [-0.05, 0) is 25.2 Å². The first kappa shape index (κ1) is 8.64. The summed E-state index contributed by atoms with van der Waals surface area (Å²) in [5.74, 6) is -0.188. The van der Waals surface area contributed by atoms with E-state index in [0.29, 0.717) is 5.57 Å². The minimum Gasteiger partial charge on any atom is -0.290 e. The molecule has 4 heteroatoms. The lowest BCUT2D eigenvalue weighted by molar-refractivity contribution is -0.538. The fourth-order valence-corrected chi connectivity index (χ4v) is 0.988. The molecule has 4 nitrogen and oxygen atoms in total. The second kappa shape index (κ2) is 2.55. The number of ketones is 1. The Balaban J connectivity index is 3.11. The van der Waals surface area contributed by atoms with Gasteiger partial charge in [0.25, 0.3) is 5.54 Å². The molecule has 0 aromatic heterocycles. The Morgan fingerprint density at radius 1 is 1.58 bits per heavy atom. The molecule has 0 heterocycles. The van der Waals surface area contributed by atoms with Crippen LogP contribution in [0.15, 0.2) is 23.8 Å². The highest BCUT2D eigenvalue weighted by Gasteiger charge is 2.38. The molecule has 0 aliphatic heterocycles. The molecule has 12 heavy (non-hydrogen) atoms. The number of nitro groups is 1. The normalized spacial score (nSPS) is 28.5. The fourth-order valence-electron chi connectivity index (χ4n) is 0.988. The Morgan fingerprint density at radius 3 is 2.58 bits per heavy atom. The largest absolute Gasteiger partial charge is 0.290 e. The van der Waals surface area contributed by atoms with Crippen molar-refractivity contribution in [3.05, 3.63) is 33.9 Å². The van der Waals surface area contributed by atoms with Crippen LogP contribution in [0.5, 0.6) is 0 Å². The molecule has 0 saturated heterocycles. The Bertz CT molecular complexity index is 303. The molecule has 64 valence electrons. The lowest BCUT2D eigenvalue weighted by atomic mass is 9.88. The summed E-state index contributed by atoms with van der Waals surface area (Å²) >= 11 is 0. The molecule has 0 fully saturated rings. The molecule has 1 aliphatic carbocycles. The van der Waals surface area contributed by atoms with E-state index < -0.39 is 10.5 Å². The Hall–Kier alpha value is -1.45. The van der Waals surface area contributed by atoms with Crippen molar-refractivity contribution in [2.45, 2.75) is 19.4 Å². The number of carbonyl (C=O) groups is 1. The third kappa shape index (κ3) is 1.15. The van der Waals surface area contributed by atoms with Gasteiger partial charge in [-0.15, -0.1) is 0 Å². The smallest absolute Gasteiger partial charge is 0.259 e. The third-order valence-corrected chi connectivity index (χ3v) is 2.11. The van der Waals surface area contributed by atoms with E-state index >= 15 is 0 Å². The number of allylic oxidation sites excluding steroid dienone is 2. The van der Waals surface area contributed by atoms with E-state index in [-0.39, 0.29) is 5.78 Å². The van der Waals surface area contributed by atoms with Crippen molar-refractivity contribution in [3.8, 4) is 0 Å². The second-order valence-electron chi connectivity index (χ2n) is 2.97. The Morgan fingerprint density at radius 2 is 2.17 bits per heavy atom. The number of rotatable bonds is 1. The highest BCUT2D eigenvalue weighted by molar-refractivity contribution is 6.01. The molecule has 0 aromatic carbocycles. The predicted molar refractivity (Wildman–Crippen MR) is 43.3 cm³/mol. The van der Waals surface area contributed by atoms with Gasteiger partial charge in [-0.3, -0.25) is 14.9 Å². The quantitative estimate of drug-likeness (QED) is 0.434. The van der Waals surface area contributed by atoms with Gasteiger partial charge in [0.2, 0.25) is 0 Å². The summed E-state index contributed by atoms with van der Waals surface area (Å²) in [6, 6.07) is 0. The molecular weight excluding hydrogens is 158 g/mol. The molecule has 1 aliphatic rings. The van der Waals surface area contributed by atoms with Crippen molar-refractivity contribution in [2.75, 3.05) is 0 Å². The molecule has 1 rings (SSSR count). The van der Waals surface area contributed by atoms with Crippen LogP contribution in [0, 0.1) is 10.1 Å².